The fraction of sp³-hybridized carbons (Fsp3) is 0. The van der Waals surface area contributed by atoms with Crippen LogP contribution < -0.4 is 0 Å². The quantitative estimate of drug-likeness (QED) is 0.193. The Kier molecular flexibility index (Phi) is 6.56. The molecule has 0 radical (unpaired) electrons. The number of fused-ring (bicyclic) bond motifs is 6. The van der Waals surface area contributed by atoms with E-state index in [1.807, 2.05) is 78.9 Å². The second kappa shape index (κ2) is 11.4. The van der Waals surface area contributed by atoms with Crippen LogP contribution in [0.3, 0.4) is 0 Å². The number of para-hydroxylation sites is 3. The fourth-order valence-corrected chi connectivity index (χ4v) is 7.38. The van der Waals surface area contributed by atoms with Gasteiger partial charge in [-0.25, -0.2) is 0 Å². The zero-order valence-electron chi connectivity index (χ0n) is 26.7. The van der Waals surface area contributed by atoms with E-state index in [4.69, 9.17) is 0 Å². The molecular formula is C45H25N5. The Labute approximate surface area is 287 Å². The molecular weight excluding hydrogens is 611 g/mol. The van der Waals surface area contributed by atoms with E-state index in [2.05, 4.69) is 100 Å². The van der Waals surface area contributed by atoms with Gasteiger partial charge in [-0.2, -0.15) is 15.8 Å². The average molecular weight is 636 g/mol. The first kappa shape index (κ1) is 28.8. The Morgan fingerprint density at radius 1 is 0.380 bits per heavy atom. The van der Waals surface area contributed by atoms with Crippen LogP contribution in [0.2, 0.25) is 0 Å². The van der Waals surface area contributed by atoms with Crippen LogP contribution >= 0.6 is 0 Å². The van der Waals surface area contributed by atoms with Gasteiger partial charge in [-0.15, -0.1) is 0 Å². The zero-order chi connectivity index (χ0) is 33.8. The molecule has 0 atom stereocenters. The second-order valence-electron chi connectivity index (χ2n) is 12.3. The number of nitriles is 3. The van der Waals surface area contributed by atoms with Crippen molar-refractivity contribution in [2.24, 2.45) is 0 Å². The summed E-state index contributed by atoms with van der Waals surface area (Å²) in [5, 5.41) is 34.3. The van der Waals surface area contributed by atoms with Crippen LogP contribution in [0.15, 0.2) is 152 Å². The highest BCUT2D eigenvalue weighted by Crippen LogP contribution is 2.39. The molecule has 0 saturated heterocycles. The second-order valence-corrected chi connectivity index (χ2v) is 12.3. The molecule has 0 bridgehead atoms. The molecule has 0 aliphatic heterocycles. The summed E-state index contributed by atoms with van der Waals surface area (Å²) in [7, 11) is 0. The first-order valence-electron chi connectivity index (χ1n) is 16.3. The van der Waals surface area contributed by atoms with Gasteiger partial charge in [0.2, 0.25) is 0 Å². The standard InChI is InChI=1S/C45H25N5/c46-26-29-13-21-44(50-42-11-5-1-7-36(42)37-8-2-6-12-43(37)50)39(23-29)32-17-20-35(33(25-32)28-48)31-15-18-34(19-16-31)49-41-10-4-3-9-38(41)40-24-30(27-47)14-22-45(40)49/h1-25H. The molecule has 0 aliphatic rings. The van der Waals surface area contributed by atoms with Crippen molar-refractivity contribution in [1.82, 2.24) is 9.13 Å². The van der Waals surface area contributed by atoms with Gasteiger partial charge >= 0.3 is 0 Å². The van der Waals surface area contributed by atoms with E-state index < -0.39 is 0 Å². The molecule has 9 aromatic rings. The fourth-order valence-electron chi connectivity index (χ4n) is 7.38. The number of benzene rings is 7. The summed E-state index contributed by atoms with van der Waals surface area (Å²) in [6.07, 6.45) is 0. The third kappa shape index (κ3) is 4.38. The summed E-state index contributed by atoms with van der Waals surface area (Å²) >= 11 is 0. The number of hydrogen-bond acceptors (Lipinski definition) is 3. The van der Waals surface area contributed by atoms with Crippen LogP contribution in [0, 0.1) is 34.0 Å². The van der Waals surface area contributed by atoms with E-state index in [1.54, 1.807) is 0 Å². The van der Waals surface area contributed by atoms with Gasteiger partial charge in [-0.1, -0.05) is 78.9 Å². The molecule has 0 aliphatic carbocycles. The molecule has 0 amide bonds. The van der Waals surface area contributed by atoms with Crippen molar-refractivity contribution < 1.29 is 0 Å². The summed E-state index contributed by atoms with van der Waals surface area (Å²) in [4.78, 5) is 0. The van der Waals surface area contributed by atoms with Gasteiger partial charge in [-0.3, -0.25) is 0 Å². The summed E-state index contributed by atoms with van der Waals surface area (Å²) in [6.45, 7) is 0. The van der Waals surface area contributed by atoms with Gasteiger partial charge in [-0.05, 0) is 89.5 Å². The SMILES string of the molecule is N#Cc1ccc(-n2c3ccccc3c3ccccc32)c(-c2ccc(-c3ccc(-n4c5ccccc5c5cc(C#N)ccc54)cc3)c(C#N)c2)c1. The number of rotatable bonds is 4. The minimum atomic E-state index is 0.548. The topological polar surface area (TPSA) is 81.2 Å². The molecule has 0 spiro atoms. The highest BCUT2D eigenvalue weighted by Gasteiger charge is 2.18. The highest BCUT2D eigenvalue weighted by molar-refractivity contribution is 6.10. The largest absolute Gasteiger partial charge is 0.309 e. The van der Waals surface area contributed by atoms with Crippen molar-refractivity contribution in [3.63, 3.8) is 0 Å². The summed E-state index contributed by atoms with van der Waals surface area (Å²) < 4.78 is 4.46. The molecule has 230 valence electrons. The lowest BCUT2D eigenvalue weighted by molar-refractivity contribution is 1.18. The van der Waals surface area contributed by atoms with Crippen molar-refractivity contribution in [2.75, 3.05) is 0 Å². The molecule has 50 heavy (non-hydrogen) atoms. The van der Waals surface area contributed by atoms with Crippen LogP contribution in [0.5, 0.6) is 0 Å². The van der Waals surface area contributed by atoms with E-state index in [0.29, 0.717) is 16.7 Å². The van der Waals surface area contributed by atoms with Crippen LogP contribution in [0.25, 0.3) is 77.2 Å². The summed E-state index contributed by atoms with van der Waals surface area (Å²) in [5.74, 6) is 0. The van der Waals surface area contributed by atoms with Crippen molar-refractivity contribution in [1.29, 1.82) is 15.8 Å². The average Bonchev–Trinajstić information content (AvgIpc) is 3.70. The van der Waals surface area contributed by atoms with Crippen molar-refractivity contribution in [3.8, 4) is 51.8 Å². The lowest BCUT2D eigenvalue weighted by Crippen LogP contribution is -1.98. The minimum Gasteiger partial charge on any atom is -0.309 e. The van der Waals surface area contributed by atoms with Crippen molar-refractivity contribution >= 4 is 43.6 Å². The Bertz CT molecular complexity index is 2900. The number of hydrogen-bond donors (Lipinski definition) is 0. The number of aromatic nitrogens is 2. The van der Waals surface area contributed by atoms with E-state index in [9.17, 15) is 15.8 Å². The van der Waals surface area contributed by atoms with Gasteiger partial charge in [0, 0.05) is 32.8 Å². The minimum absolute atomic E-state index is 0.548. The highest BCUT2D eigenvalue weighted by atomic mass is 15.0. The summed E-state index contributed by atoms with van der Waals surface area (Å²) in [5.41, 5.74) is 11.4. The van der Waals surface area contributed by atoms with E-state index in [-0.39, 0.29) is 0 Å². The predicted molar refractivity (Wildman–Crippen MR) is 200 cm³/mol. The first-order valence-corrected chi connectivity index (χ1v) is 16.3. The van der Waals surface area contributed by atoms with E-state index >= 15 is 0 Å². The monoisotopic (exact) mass is 635 g/mol. The maximum Gasteiger partial charge on any atom is 0.0998 e. The molecule has 7 aromatic carbocycles. The van der Waals surface area contributed by atoms with Gasteiger partial charge in [0.15, 0.2) is 0 Å². The molecule has 5 nitrogen and oxygen atoms in total. The van der Waals surface area contributed by atoms with Crippen LogP contribution in [-0.2, 0) is 0 Å². The third-order valence-electron chi connectivity index (χ3n) is 9.64. The molecule has 0 N–H and O–H groups in total. The molecule has 2 heterocycles. The lowest BCUT2D eigenvalue weighted by atomic mass is 9.94. The lowest BCUT2D eigenvalue weighted by Gasteiger charge is -2.16. The van der Waals surface area contributed by atoms with Crippen LogP contribution in [0.1, 0.15) is 16.7 Å². The maximum absolute atomic E-state index is 10.4. The predicted octanol–water partition coefficient (Wildman–Crippen LogP) is 10.8. The third-order valence-corrected chi connectivity index (χ3v) is 9.64. The Morgan fingerprint density at radius 3 is 1.56 bits per heavy atom. The molecule has 0 saturated carbocycles. The van der Waals surface area contributed by atoms with Crippen molar-refractivity contribution in [2.45, 2.75) is 0 Å². The normalized spacial score (nSPS) is 11.1. The Hall–Kier alpha value is -7.39. The van der Waals surface area contributed by atoms with Gasteiger partial charge in [0.05, 0.1) is 62.7 Å². The molecule has 0 unspecified atom stereocenters. The molecule has 5 heteroatoms. The smallest absolute Gasteiger partial charge is 0.0998 e. The molecule has 9 rings (SSSR count). The number of nitrogens with zero attached hydrogens (tertiary/aromatic N) is 5. The summed E-state index contributed by atoms with van der Waals surface area (Å²) in [6, 6.07) is 57.7. The molecule has 0 fully saturated rings. The van der Waals surface area contributed by atoms with Gasteiger partial charge in [0.1, 0.15) is 0 Å². The molecule has 2 aromatic heterocycles. The van der Waals surface area contributed by atoms with Gasteiger partial charge in [0.25, 0.3) is 0 Å². The zero-order valence-corrected chi connectivity index (χ0v) is 26.7. The van der Waals surface area contributed by atoms with E-state index in [1.165, 1.54) is 0 Å². The first-order chi connectivity index (χ1) is 24.7. The Balaban J connectivity index is 1.16. The van der Waals surface area contributed by atoms with Gasteiger partial charge < -0.3 is 9.13 Å². The van der Waals surface area contributed by atoms with E-state index in [0.717, 1.165) is 77.2 Å². The Morgan fingerprint density at radius 2 is 0.920 bits per heavy atom. The van der Waals surface area contributed by atoms with Crippen LogP contribution in [-0.4, -0.2) is 9.13 Å². The van der Waals surface area contributed by atoms with Crippen LogP contribution in [0.4, 0.5) is 0 Å². The van der Waals surface area contributed by atoms with Crippen molar-refractivity contribution in [3.05, 3.63) is 168 Å². The maximum atomic E-state index is 10.4.